The van der Waals surface area contributed by atoms with Gasteiger partial charge in [-0.2, -0.15) is 0 Å². The second-order valence-corrected chi connectivity index (χ2v) is 7.65. The molecule has 0 N–H and O–H groups in total. The minimum atomic E-state index is 0.688. The van der Waals surface area contributed by atoms with Gasteiger partial charge in [-0.25, -0.2) is 0 Å². The van der Waals surface area contributed by atoms with Crippen molar-refractivity contribution in [3.63, 3.8) is 0 Å². The highest BCUT2D eigenvalue weighted by molar-refractivity contribution is 6.31. The summed E-state index contributed by atoms with van der Waals surface area (Å²) < 4.78 is 0. The van der Waals surface area contributed by atoms with Crippen LogP contribution >= 0.6 is 11.6 Å². The third-order valence-corrected chi connectivity index (χ3v) is 5.43. The zero-order valence-corrected chi connectivity index (χ0v) is 17.4. The Morgan fingerprint density at radius 3 is 1.42 bits per heavy atom. The Morgan fingerprint density at radius 2 is 0.871 bits per heavy atom. The van der Waals surface area contributed by atoms with E-state index in [1.807, 2.05) is 91.0 Å². The Labute approximate surface area is 187 Å². The minimum absolute atomic E-state index is 0.688. The van der Waals surface area contributed by atoms with Crippen LogP contribution in [0.2, 0.25) is 5.02 Å². The van der Waals surface area contributed by atoms with Crippen molar-refractivity contribution in [1.29, 1.82) is 0 Å². The van der Waals surface area contributed by atoms with E-state index in [9.17, 15) is 0 Å². The maximum atomic E-state index is 6.40. The van der Waals surface area contributed by atoms with Crippen LogP contribution in [0.15, 0.2) is 103 Å². The third kappa shape index (κ3) is 3.91. The van der Waals surface area contributed by atoms with Gasteiger partial charge in [0.15, 0.2) is 0 Å². The summed E-state index contributed by atoms with van der Waals surface area (Å²) in [6.45, 7) is 0. The molecule has 0 atom stereocenters. The van der Waals surface area contributed by atoms with Gasteiger partial charge >= 0.3 is 0 Å². The monoisotopic (exact) mass is 412 g/mol. The van der Waals surface area contributed by atoms with E-state index in [4.69, 9.17) is 11.6 Å². The molecule has 0 nitrogen and oxygen atoms in total. The predicted molar refractivity (Wildman–Crippen MR) is 131 cm³/mol. The summed E-state index contributed by atoms with van der Waals surface area (Å²) in [5.74, 6) is 13.5. The lowest BCUT2D eigenvalue weighted by molar-refractivity contribution is 1.64. The highest BCUT2D eigenvalue weighted by Crippen LogP contribution is 2.33. The van der Waals surface area contributed by atoms with E-state index < -0.39 is 0 Å². The van der Waals surface area contributed by atoms with Crippen LogP contribution in [0.1, 0.15) is 22.3 Å². The van der Waals surface area contributed by atoms with Crippen molar-refractivity contribution in [2.24, 2.45) is 0 Å². The Balaban J connectivity index is 1.82. The van der Waals surface area contributed by atoms with Gasteiger partial charge in [0.1, 0.15) is 0 Å². The van der Waals surface area contributed by atoms with E-state index in [1.54, 1.807) is 0 Å². The van der Waals surface area contributed by atoms with E-state index in [0.717, 1.165) is 43.8 Å². The summed E-state index contributed by atoms with van der Waals surface area (Å²) in [6, 6.07) is 34.4. The number of rotatable bonds is 0. The van der Waals surface area contributed by atoms with Crippen LogP contribution in [0.25, 0.3) is 21.5 Å². The largest absolute Gasteiger partial charge is 0.0843 e. The molecule has 0 bridgehead atoms. The molecule has 0 aromatic heterocycles. The van der Waals surface area contributed by atoms with Gasteiger partial charge in [0.05, 0.1) is 0 Å². The third-order valence-electron chi connectivity index (χ3n) is 5.20. The second kappa shape index (κ2) is 8.41. The lowest BCUT2D eigenvalue weighted by Gasteiger charge is -2.11. The van der Waals surface area contributed by atoms with E-state index in [2.05, 4.69) is 35.8 Å². The molecule has 0 fully saturated rings. The lowest BCUT2D eigenvalue weighted by Crippen LogP contribution is -1.91. The standard InChI is InChI=1S/C30H17Cl/c31-24-17-20-29-27(18-15-22-9-3-1-4-10-22)25-13-7-8-14-26(25)28(30(29)21-24)19-16-23-11-5-2-6-12-23/h1-14,17,20-21H. The molecule has 0 spiro atoms. The number of halogens is 1. The number of fused-ring (bicyclic) bond motifs is 2. The average Bonchev–Trinajstić information content (AvgIpc) is 2.82. The average molecular weight is 413 g/mol. The fraction of sp³-hybridized carbons (Fsp3) is 0. The van der Waals surface area contributed by atoms with Gasteiger partial charge in [0, 0.05) is 32.7 Å². The predicted octanol–water partition coefficient (Wildman–Crippen LogP) is 7.45. The molecule has 0 saturated carbocycles. The van der Waals surface area contributed by atoms with Crippen molar-refractivity contribution in [2.45, 2.75) is 0 Å². The van der Waals surface area contributed by atoms with Crippen LogP contribution in [0.3, 0.4) is 0 Å². The molecular weight excluding hydrogens is 396 g/mol. The van der Waals surface area contributed by atoms with E-state index in [1.165, 1.54) is 0 Å². The minimum Gasteiger partial charge on any atom is -0.0843 e. The summed E-state index contributed by atoms with van der Waals surface area (Å²) in [5, 5.41) is 4.94. The lowest BCUT2D eigenvalue weighted by atomic mass is 9.92. The van der Waals surface area contributed by atoms with Crippen LogP contribution in [0.4, 0.5) is 0 Å². The Bertz CT molecular complexity index is 1520. The molecule has 0 saturated heterocycles. The maximum Gasteiger partial charge on any atom is 0.0412 e. The van der Waals surface area contributed by atoms with Crippen LogP contribution in [-0.4, -0.2) is 0 Å². The Morgan fingerprint density at radius 1 is 0.419 bits per heavy atom. The van der Waals surface area contributed by atoms with Crippen LogP contribution < -0.4 is 0 Å². The van der Waals surface area contributed by atoms with E-state index >= 15 is 0 Å². The molecule has 0 heterocycles. The van der Waals surface area contributed by atoms with Gasteiger partial charge in [0.25, 0.3) is 0 Å². The molecule has 0 aliphatic rings. The fourth-order valence-corrected chi connectivity index (χ4v) is 3.90. The molecule has 0 unspecified atom stereocenters. The first-order valence-corrected chi connectivity index (χ1v) is 10.5. The Hall–Kier alpha value is -3.97. The Kier molecular flexibility index (Phi) is 5.16. The first kappa shape index (κ1) is 19.0. The summed E-state index contributed by atoms with van der Waals surface area (Å²) in [6.07, 6.45) is 0. The van der Waals surface area contributed by atoms with Gasteiger partial charge in [0.2, 0.25) is 0 Å². The molecule has 0 aliphatic heterocycles. The molecule has 31 heavy (non-hydrogen) atoms. The molecule has 5 aromatic rings. The molecule has 1 heteroatoms. The number of hydrogen-bond donors (Lipinski definition) is 0. The number of benzene rings is 5. The topological polar surface area (TPSA) is 0 Å². The zero-order chi connectivity index (χ0) is 21.0. The normalized spacial score (nSPS) is 10.2. The van der Waals surface area contributed by atoms with E-state index in [0.29, 0.717) is 5.02 Å². The van der Waals surface area contributed by atoms with Gasteiger partial charge in [-0.1, -0.05) is 102 Å². The van der Waals surface area contributed by atoms with Crippen molar-refractivity contribution in [2.75, 3.05) is 0 Å². The first-order chi connectivity index (χ1) is 15.3. The van der Waals surface area contributed by atoms with Crippen molar-refractivity contribution in [3.05, 3.63) is 130 Å². The smallest absolute Gasteiger partial charge is 0.0412 e. The van der Waals surface area contributed by atoms with Gasteiger partial charge < -0.3 is 0 Å². The van der Waals surface area contributed by atoms with Crippen LogP contribution in [-0.2, 0) is 0 Å². The summed E-state index contributed by atoms with van der Waals surface area (Å²) in [7, 11) is 0. The molecule has 0 aliphatic carbocycles. The molecule has 5 rings (SSSR count). The van der Waals surface area contributed by atoms with Crippen molar-refractivity contribution in [3.8, 4) is 23.7 Å². The highest BCUT2D eigenvalue weighted by atomic mass is 35.5. The van der Waals surface area contributed by atoms with Gasteiger partial charge in [-0.3, -0.25) is 0 Å². The first-order valence-electron chi connectivity index (χ1n) is 10.1. The summed E-state index contributed by atoms with van der Waals surface area (Å²) in [4.78, 5) is 0. The summed E-state index contributed by atoms with van der Waals surface area (Å²) >= 11 is 6.40. The molecule has 0 radical (unpaired) electrons. The van der Waals surface area contributed by atoms with Crippen molar-refractivity contribution >= 4 is 33.1 Å². The van der Waals surface area contributed by atoms with Crippen molar-refractivity contribution < 1.29 is 0 Å². The quantitative estimate of drug-likeness (QED) is 0.183. The highest BCUT2D eigenvalue weighted by Gasteiger charge is 2.12. The second-order valence-electron chi connectivity index (χ2n) is 7.22. The van der Waals surface area contributed by atoms with Crippen LogP contribution in [0.5, 0.6) is 0 Å². The van der Waals surface area contributed by atoms with Crippen LogP contribution in [0, 0.1) is 23.7 Å². The fourth-order valence-electron chi connectivity index (χ4n) is 3.73. The summed E-state index contributed by atoms with van der Waals surface area (Å²) in [5.41, 5.74) is 3.94. The van der Waals surface area contributed by atoms with Gasteiger partial charge in [-0.05, 0) is 52.6 Å². The molecular formula is C30H17Cl. The van der Waals surface area contributed by atoms with Crippen molar-refractivity contribution in [1.82, 2.24) is 0 Å². The molecule has 5 aromatic carbocycles. The molecule has 144 valence electrons. The van der Waals surface area contributed by atoms with Gasteiger partial charge in [-0.15, -0.1) is 0 Å². The van der Waals surface area contributed by atoms with E-state index in [-0.39, 0.29) is 0 Å². The molecule has 0 amide bonds. The zero-order valence-electron chi connectivity index (χ0n) is 16.7. The number of hydrogen-bond acceptors (Lipinski definition) is 0. The SMILES string of the molecule is Clc1ccc2c(C#Cc3ccccc3)c3ccccc3c(C#Cc3ccccc3)c2c1. The maximum absolute atomic E-state index is 6.40.